The molecule has 166 valence electrons. The summed E-state index contributed by atoms with van der Waals surface area (Å²) in [6, 6.07) is 13.1. The quantitative estimate of drug-likeness (QED) is 0.607. The Morgan fingerprint density at radius 2 is 1.61 bits per heavy atom. The summed E-state index contributed by atoms with van der Waals surface area (Å²) in [5.41, 5.74) is 1.58. The predicted octanol–water partition coefficient (Wildman–Crippen LogP) is 2.72. The third kappa shape index (κ3) is 4.22. The van der Waals surface area contributed by atoms with Gasteiger partial charge in [-0.3, -0.25) is 0 Å². The molecule has 1 aliphatic rings. The van der Waals surface area contributed by atoms with Crippen molar-refractivity contribution >= 4 is 36.5 Å². The van der Waals surface area contributed by atoms with Gasteiger partial charge in [-0.15, -0.1) is 0 Å². The summed E-state index contributed by atoms with van der Waals surface area (Å²) < 4.78 is 53.4. The highest BCUT2D eigenvalue weighted by Gasteiger charge is 2.24. The number of nitrogens with one attached hydrogen (secondary N) is 1. The fraction of sp³-hybridized carbons (Fsp3) is 0.364. The summed E-state index contributed by atoms with van der Waals surface area (Å²) in [5, 5.41) is 4.18. The van der Waals surface area contributed by atoms with Crippen LogP contribution in [0.5, 0.6) is 0 Å². The molecule has 1 N–H and O–H groups in total. The molecule has 1 saturated heterocycles. The lowest BCUT2D eigenvalue weighted by atomic mass is 10.2. The van der Waals surface area contributed by atoms with E-state index in [0.29, 0.717) is 5.52 Å². The molecule has 0 atom stereocenters. The van der Waals surface area contributed by atoms with Gasteiger partial charge in [0.2, 0.25) is 0 Å². The molecule has 0 radical (unpaired) electrons. The van der Waals surface area contributed by atoms with Gasteiger partial charge in [-0.25, -0.2) is 20.8 Å². The number of nitrogens with zero attached hydrogens (tertiary/aromatic N) is 2. The molecule has 7 nitrogen and oxygen atoms in total. The maximum Gasteiger partial charge on any atom is 0.268 e. The molecule has 0 aliphatic carbocycles. The average Bonchev–Trinajstić information content (AvgIpc) is 3.19. The molecule has 9 heteroatoms. The van der Waals surface area contributed by atoms with Crippen molar-refractivity contribution in [2.75, 3.05) is 36.8 Å². The van der Waals surface area contributed by atoms with Crippen molar-refractivity contribution in [2.24, 2.45) is 5.92 Å². The third-order valence-corrected chi connectivity index (χ3v) is 9.17. The molecule has 1 aliphatic heterocycles. The van der Waals surface area contributed by atoms with Crippen LogP contribution in [0.4, 0.5) is 5.69 Å². The van der Waals surface area contributed by atoms with Crippen molar-refractivity contribution in [3.8, 4) is 0 Å². The van der Waals surface area contributed by atoms with Crippen molar-refractivity contribution < 1.29 is 16.8 Å². The van der Waals surface area contributed by atoms with E-state index >= 15 is 0 Å². The normalized spacial score (nSPS) is 15.6. The number of hydrogen-bond donors (Lipinski definition) is 1. The van der Waals surface area contributed by atoms with E-state index in [9.17, 15) is 16.8 Å². The minimum Gasteiger partial charge on any atom is -0.368 e. The fourth-order valence-electron chi connectivity index (χ4n) is 3.99. The topological polar surface area (TPSA) is 88.5 Å². The van der Waals surface area contributed by atoms with Crippen molar-refractivity contribution in [2.45, 2.75) is 23.6 Å². The van der Waals surface area contributed by atoms with Crippen LogP contribution in [0.2, 0.25) is 0 Å². The SMILES string of the molecule is CC(C)CS(=O)(=O)c1cccc(S(=O)(=O)n2ccc3c(N4CCNCC4)cccc32)c1. The first kappa shape index (κ1) is 21.9. The number of fused-ring (bicyclic) bond motifs is 1. The van der Waals surface area contributed by atoms with Crippen LogP contribution in [0.1, 0.15) is 13.8 Å². The monoisotopic (exact) mass is 461 g/mol. The predicted molar refractivity (Wildman–Crippen MR) is 123 cm³/mol. The van der Waals surface area contributed by atoms with E-state index in [0.717, 1.165) is 37.3 Å². The Labute approximate surface area is 183 Å². The molecule has 0 saturated carbocycles. The molecule has 0 spiro atoms. The van der Waals surface area contributed by atoms with Crippen LogP contribution in [0, 0.1) is 5.92 Å². The van der Waals surface area contributed by atoms with Gasteiger partial charge in [0.05, 0.1) is 21.1 Å². The standard InChI is InChI=1S/C22H27N3O4S2/c1-17(2)16-30(26,27)18-5-3-6-19(15-18)31(28,29)25-12-9-20-21(7-4-8-22(20)25)24-13-10-23-11-14-24/h3-9,12,15,17,23H,10-11,13-14,16H2,1-2H3. The van der Waals surface area contributed by atoms with Crippen LogP contribution >= 0.6 is 0 Å². The molecule has 1 fully saturated rings. The van der Waals surface area contributed by atoms with Crippen molar-refractivity contribution in [3.05, 3.63) is 54.7 Å². The molecular formula is C22H27N3O4S2. The molecule has 4 rings (SSSR count). The third-order valence-electron chi connectivity index (χ3n) is 5.41. The van der Waals surface area contributed by atoms with Crippen LogP contribution < -0.4 is 10.2 Å². The smallest absolute Gasteiger partial charge is 0.268 e. The zero-order valence-electron chi connectivity index (χ0n) is 17.7. The van der Waals surface area contributed by atoms with Crippen LogP contribution in [0.15, 0.2) is 64.5 Å². The number of rotatable bonds is 6. The van der Waals surface area contributed by atoms with Crippen molar-refractivity contribution in [1.29, 1.82) is 0 Å². The lowest BCUT2D eigenvalue weighted by Crippen LogP contribution is -2.43. The van der Waals surface area contributed by atoms with Gasteiger partial charge in [-0.1, -0.05) is 26.0 Å². The van der Waals surface area contributed by atoms with E-state index < -0.39 is 19.9 Å². The van der Waals surface area contributed by atoms with Crippen LogP contribution in [-0.2, 0) is 19.9 Å². The zero-order chi connectivity index (χ0) is 22.2. The lowest BCUT2D eigenvalue weighted by molar-refractivity contribution is 0.581. The molecule has 2 aromatic carbocycles. The minimum atomic E-state index is -3.96. The molecule has 0 amide bonds. The molecule has 31 heavy (non-hydrogen) atoms. The Morgan fingerprint density at radius 3 is 2.32 bits per heavy atom. The van der Waals surface area contributed by atoms with Gasteiger partial charge in [0.25, 0.3) is 10.0 Å². The molecule has 1 aromatic heterocycles. The maximum absolute atomic E-state index is 13.4. The summed E-state index contributed by atoms with van der Waals surface area (Å²) in [4.78, 5) is 2.23. The molecule has 0 bridgehead atoms. The summed E-state index contributed by atoms with van der Waals surface area (Å²) in [6.07, 6.45) is 1.54. The van der Waals surface area contributed by atoms with Gasteiger partial charge in [0, 0.05) is 43.4 Å². The second kappa shape index (κ2) is 8.29. The Morgan fingerprint density at radius 1 is 0.935 bits per heavy atom. The summed E-state index contributed by atoms with van der Waals surface area (Å²) >= 11 is 0. The van der Waals surface area contributed by atoms with E-state index in [1.54, 1.807) is 12.3 Å². The number of piperazine rings is 1. The van der Waals surface area contributed by atoms with Crippen molar-refractivity contribution in [3.63, 3.8) is 0 Å². The number of hydrogen-bond acceptors (Lipinski definition) is 6. The van der Waals surface area contributed by atoms with E-state index in [-0.39, 0.29) is 21.5 Å². The first-order valence-electron chi connectivity index (χ1n) is 10.3. The molecule has 0 unspecified atom stereocenters. The molecule has 3 aromatic rings. The van der Waals surface area contributed by atoms with E-state index in [1.807, 2.05) is 32.0 Å². The number of benzene rings is 2. The Bertz CT molecular complexity index is 1310. The number of sulfone groups is 1. The van der Waals surface area contributed by atoms with Gasteiger partial charge < -0.3 is 10.2 Å². The Hall–Kier alpha value is -2.36. The first-order valence-corrected chi connectivity index (χ1v) is 13.4. The van der Waals surface area contributed by atoms with E-state index in [4.69, 9.17) is 0 Å². The Kier molecular flexibility index (Phi) is 5.85. The van der Waals surface area contributed by atoms with Gasteiger partial charge in [-0.05, 0) is 42.3 Å². The molecule has 2 heterocycles. The highest BCUT2D eigenvalue weighted by molar-refractivity contribution is 7.91. The fourth-order valence-corrected chi connectivity index (χ4v) is 7.12. The minimum absolute atomic E-state index is 0.0280. The summed E-state index contributed by atoms with van der Waals surface area (Å²) in [5.74, 6) is -0.0844. The van der Waals surface area contributed by atoms with Crippen LogP contribution in [0.3, 0.4) is 0 Å². The van der Waals surface area contributed by atoms with E-state index in [1.165, 1.54) is 28.2 Å². The van der Waals surface area contributed by atoms with Gasteiger partial charge in [-0.2, -0.15) is 0 Å². The lowest BCUT2D eigenvalue weighted by Gasteiger charge is -2.30. The van der Waals surface area contributed by atoms with Gasteiger partial charge in [0.1, 0.15) is 0 Å². The van der Waals surface area contributed by atoms with Crippen LogP contribution in [-0.4, -0.2) is 52.7 Å². The largest absolute Gasteiger partial charge is 0.368 e. The summed E-state index contributed by atoms with van der Waals surface area (Å²) in [7, 11) is -7.52. The van der Waals surface area contributed by atoms with Gasteiger partial charge in [0.15, 0.2) is 9.84 Å². The maximum atomic E-state index is 13.4. The average molecular weight is 462 g/mol. The highest BCUT2D eigenvalue weighted by atomic mass is 32.2. The number of anilines is 1. The van der Waals surface area contributed by atoms with Gasteiger partial charge >= 0.3 is 0 Å². The first-order chi connectivity index (χ1) is 14.7. The number of aromatic nitrogens is 1. The second-order valence-corrected chi connectivity index (χ2v) is 12.1. The van der Waals surface area contributed by atoms with E-state index in [2.05, 4.69) is 10.2 Å². The zero-order valence-corrected chi connectivity index (χ0v) is 19.3. The van der Waals surface area contributed by atoms with Crippen molar-refractivity contribution in [1.82, 2.24) is 9.29 Å². The Balaban J connectivity index is 1.77. The van der Waals surface area contributed by atoms with Crippen LogP contribution in [0.25, 0.3) is 10.9 Å². The highest BCUT2D eigenvalue weighted by Crippen LogP contribution is 2.31. The molecular weight excluding hydrogens is 434 g/mol. The summed E-state index contributed by atoms with van der Waals surface area (Å²) in [6.45, 7) is 7.11. The second-order valence-electron chi connectivity index (χ2n) is 8.21.